The number of aliphatic hydroxyl groups is 2. The minimum absolute atomic E-state index is 0. The van der Waals surface area contributed by atoms with Crippen LogP contribution in [0.5, 0.6) is 0 Å². The van der Waals surface area contributed by atoms with Crippen molar-refractivity contribution in [1.29, 1.82) is 0 Å². The molecule has 1 aromatic rings. The lowest BCUT2D eigenvalue weighted by atomic mass is 9.90. The van der Waals surface area contributed by atoms with Crippen LogP contribution in [0.3, 0.4) is 0 Å². The number of benzene rings is 1. The summed E-state index contributed by atoms with van der Waals surface area (Å²) in [5.41, 5.74) is 2.69. The molecule has 3 N–H and O–H groups in total. The van der Waals surface area contributed by atoms with E-state index >= 15 is 0 Å². The summed E-state index contributed by atoms with van der Waals surface area (Å²) in [6, 6.07) is 9.07. The fourth-order valence-corrected chi connectivity index (χ4v) is 3.67. The number of aliphatic hydroxyl groups excluding tert-OH is 2. The highest BCUT2D eigenvalue weighted by atomic mass is 35.5. The van der Waals surface area contributed by atoms with E-state index in [4.69, 9.17) is 0 Å². The van der Waals surface area contributed by atoms with Gasteiger partial charge in [-0.1, -0.05) is 63.3 Å². The van der Waals surface area contributed by atoms with Crippen LogP contribution in [0.15, 0.2) is 24.3 Å². The van der Waals surface area contributed by atoms with Crippen molar-refractivity contribution >= 4 is 12.4 Å². The Kier molecular flexibility index (Phi) is 10.6. The van der Waals surface area contributed by atoms with Crippen molar-refractivity contribution in [2.75, 3.05) is 13.2 Å². The highest BCUT2D eigenvalue weighted by molar-refractivity contribution is 5.85. The van der Waals surface area contributed by atoms with Gasteiger partial charge in [0.2, 0.25) is 0 Å². The Morgan fingerprint density at radius 2 is 1.62 bits per heavy atom. The van der Waals surface area contributed by atoms with E-state index in [-0.39, 0.29) is 37.7 Å². The minimum atomic E-state index is 0. The summed E-state index contributed by atoms with van der Waals surface area (Å²) in [5, 5.41) is 22.2. The lowest BCUT2D eigenvalue weighted by Crippen LogP contribution is -2.35. The molecule has 1 fully saturated rings. The van der Waals surface area contributed by atoms with Crippen molar-refractivity contribution in [3.63, 3.8) is 0 Å². The molecule has 24 heavy (non-hydrogen) atoms. The molecule has 0 aromatic heterocycles. The van der Waals surface area contributed by atoms with Crippen LogP contribution < -0.4 is 5.32 Å². The van der Waals surface area contributed by atoms with Crippen LogP contribution in [0.4, 0.5) is 0 Å². The van der Waals surface area contributed by atoms with Gasteiger partial charge in [0.1, 0.15) is 0 Å². The van der Waals surface area contributed by atoms with Crippen molar-refractivity contribution in [3.8, 4) is 0 Å². The van der Waals surface area contributed by atoms with Gasteiger partial charge >= 0.3 is 0 Å². The zero-order valence-electron chi connectivity index (χ0n) is 14.9. The molecule has 0 radical (unpaired) electrons. The van der Waals surface area contributed by atoms with Gasteiger partial charge in [-0.3, -0.25) is 0 Å². The molecule has 1 aliphatic rings. The van der Waals surface area contributed by atoms with Crippen LogP contribution >= 0.6 is 12.4 Å². The molecule has 1 aliphatic heterocycles. The highest BCUT2D eigenvalue weighted by Gasteiger charge is 2.33. The van der Waals surface area contributed by atoms with E-state index in [1.807, 2.05) is 0 Å². The average molecular weight is 356 g/mol. The average Bonchev–Trinajstić information content (AvgIpc) is 3.02. The molecule has 1 saturated heterocycles. The highest BCUT2D eigenvalue weighted by Crippen LogP contribution is 2.31. The Balaban J connectivity index is 0.00000288. The Morgan fingerprint density at radius 1 is 0.958 bits per heavy atom. The van der Waals surface area contributed by atoms with Crippen LogP contribution in [-0.4, -0.2) is 35.5 Å². The molecular weight excluding hydrogens is 322 g/mol. The Morgan fingerprint density at radius 3 is 2.25 bits per heavy atom. The van der Waals surface area contributed by atoms with Crippen LogP contribution in [0, 0.1) is 0 Å². The minimum Gasteiger partial charge on any atom is -0.395 e. The fraction of sp³-hybridized carbons (Fsp3) is 0.700. The summed E-state index contributed by atoms with van der Waals surface area (Å²) >= 11 is 0. The van der Waals surface area contributed by atoms with Crippen LogP contribution in [-0.2, 0) is 6.42 Å². The molecule has 0 amide bonds. The molecule has 4 heteroatoms. The van der Waals surface area contributed by atoms with Gasteiger partial charge in [0.25, 0.3) is 0 Å². The second-order valence-corrected chi connectivity index (χ2v) is 6.94. The molecule has 0 bridgehead atoms. The van der Waals surface area contributed by atoms with Crippen molar-refractivity contribution < 1.29 is 10.2 Å². The van der Waals surface area contributed by atoms with Gasteiger partial charge < -0.3 is 15.5 Å². The maximum absolute atomic E-state index is 9.53. The zero-order chi connectivity index (χ0) is 16.5. The van der Waals surface area contributed by atoms with Crippen LogP contribution in [0.2, 0.25) is 0 Å². The van der Waals surface area contributed by atoms with Crippen LogP contribution in [0.1, 0.15) is 68.9 Å². The molecule has 3 atom stereocenters. The van der Waals surface area contributed by atoms with E-state index in [0.717, 1.165) is 12.8 Å². The fourth-order valence-electron chi connectivity index (χ4n) is 3.67. The topological polar surface area (TPSA) is 52.5 Å². The van der Waals surface area contributed by atoms with Gasteiger partial charge in [0.05, 0.1) is 13.2 Å². The predicted octanol–water partition coefficient (Wildman–Crippen LogP) is 3.81. The third kappa shape index (κ3) is 6.36. The van der Waals surface area contributed by atoms with E-state index in [2.05, 4.69) is 36.5 Å². The molecule has 2 rings (SSSR count). The first-order valence-electron chi connectivity index (χ1n) is 9.35. The third-order valence-corrected chi connectivity index (χ3v) is 5.12. The summed E-state index contributed by atoms with van der Waals surface area (Å²) in [7, 11) is 0. The summed E-state index contributed by atoms with van der Waals surface area (Å²) in [6.45, 7) is 2.52. The quantitative estimate of drug-likeness (QED) is 0.559. The van der Waals surface area contributed by atoms with Gasteiger partial charge in [-0.05, 0) is 30.4 Å². The first-order valence-corrected chi connectivity index (χ1v) is 9.35. The summed E-state index contributed by atoms with van der Waals surface area (Å²) in [6.07, 6.45) is 10.1. The Hall–Kier alpha value is -0.610. The second-order valence-electron chi connectivity index (χ2n) is 6.94. The van der Waals surface area contributed by atoms with Gasteiger partial charge in [0, 0.05) is 18.0 Å². The Labute approximate surface area is 153 Å². The lowest BCUT2D eigenvalue weighted by Gasteiger charge is -2.17. The van der Waals surface area contributed by atoms with E-state index < -0.39 is 0 Å². The molecule has 0 unspecified atom stereocenters. The van der Waals surface area contributed by atoms with Crippen molar-refractivity contribution in [2.24, 2.45) is 0 Å². The summed E-state index contributed by atoms with van der Waals surface area (Å²) in [5.74, 6) is 0.306. The maximum Gasteiger partial charge on any atom is 0.0590 e. The molecule has 1 aromatic carbocycles. The first-order chi connectivity index (χ1) is 11.3. The normalized spacial score (nSPS) is 23.2. The second kappa shape index (κ2) is 11.9. The third-order valence-electron chi connectivity index (χ3n) is 5.12. The van der Waals surface area contributed by atoms with E-state index in [0.29, 0.717) is 5.92 Å². The van der Waals surface area contributed by atoms with Crippen molar-refractivity contribution in [3.05, 3.63) is 35.4 Å². The number of aryl methyl sites for hydroxylation is 1. The summed E-state index contributed by atoms with van der Waals surface area (Å²) in [4.78, 5) is 0. The molecule has 1 heterocycles. The molecular formula is C20H34ClNO2. The SMILES string of the molecule is CCCCCCCCc1ccc([C@@H]2C[C@@H](CO)N[C@H]2CO)cc1.Cl. The number of rotatable bonds is 10. The number of hydrogen-bond donors (Lipinski definition) is 3. The number of nitrogens with one attached hydrogen (secondary N) is 1. The maximum atomic E-state index is 9.53. The monoisotopic (exact) mass is 355 g/mol. The largest absolute Gasteiger partial charge is 0.395 e. The standard InChI is InChI=1S/C20H33NO2.ClH/c1-2-3-4-5-6-7-8-16-9-11-17(12-10-16)19-13-18(14-22)21-20(19)15-23;/h9-12,18-23H,2-8,13-15H2,1H3;1H/t18-,19-,20-;/m0./s1. The van der Waals surface area contributed by atoms with Gasteiger partial charge in [-0.25, -0.2) is 0 Å². The number of hydrogen-bond acceptors (Lipinski definition) is 3. The van der Waals surface area contributed by atoms with E-state index in [1.165, 1.54) is 49.7 Å². The zero-order valence-corrected chi connectivity index (χ0v) is 15.7. The molecule has 3 nitrogen and oxygen atoms in total. The smallest absolute Gasteiger partial charge is 0.0590 e. The molecule has 138 valence electrons. The van der Waals surface area contributed by atoms with E-state index in [1.54, 1.807) is 0 Å². The van der Waals surface area contributed by atoms with Gasteiger partial charge in [-0.15, -0.1) is 12.4 Å². The van der Waals surface area contributed by atoms with Crippen molar-refractivity contribution in [2.45, 2.75) is 76.3 Å². The Bertz CT molecular complexity index is 438. The lowest BCUT2D eigenvalue weighted by molar-refractivity contribution is 0.224. The van der Waals surface area contributed by atoms with Crippen LogP contribution in [0.25, 0.3) is 0 Å². The first kappa shape index (κ1) is 21.4. The van der Waals surface area contributed by atoms with E-state index in [9.17, 15) is 10.2 Å². The number of unbranched alkanes of at least 4 members (excludes halogenated alkanes) is 5. The molecule has 0 saturated carbocycles. The molecule has 0 aliphatic carbocycles. The van der Waals surface area contributed by atoms with Gasteiger partial charge in [0.15, 0.2) is 0 Å². The van der Waals surface area contributed by atoms with Gasteiger partial charge in [-0.2, -0.15) is 0 Å². The van der Waals surface area contributed by atoms with Crippen molar-refractivity contribution in [1.82, 2.24) is 5.32 Å². The predicted molar refractivity (Wildman–Crippen MR) is 103 cm³/mol. The molecule has 0 spiro atoms. The summed E-state index contributed by atoms with van der Waals surface area (Å²) < 4.78 is 0. The number of halogens is 1.